The maximum absolute atomic E-state index is 12.2. The molecule has 0 saturated carbocycles. The highest BCUT2D eigenvalue weighted by Crippen LogP contribution is 2.27. The summed E-state index contributed by atoms with van der Waals surface area (Å²) < 4.78 is 29.5. The molecule has 0 spiro atoms. The van der Waals surface area contributed by atoms with Gasteiger partial charge in [0.2, 0.25) is 0 Å². The Labute approximate surface area is 139 Å². The normalized spacial score (nSPS) is 27.9. The molecule has 1 aromatic rings. The summed E-state index contributed by atoms with van der Waals surface area (Å²) >= 11 is 0. The SMILES string of the molecule is COCCN1CCN(CCc2ccccc2)[C@H]2CS(=O)(=O)C[C@H]21. The van der Waals surface area contributed by atoms with Crippen molar-refractivity contribution in [1.29, 1.82) is 0 Å². The Bertz CT molecular complexity index is 606. The number of hydrogen-bond acceptors (Lipinski definition) is 5. The minimum Gasteiger partial charge on any atom is -0.383 e. The van der Waals surface area contributed by atoms with E-state index in [1.807, 2.05) is 6.07 Å². The molecule has 0 amide bonds. The van der Waals surface area contributed by atoms with Crippen LogP contribution in [0, 0.1) is 0 Å². The maximum Gasteiger partial charge on any atom is 0.153 e. The molecule has 0 bridgehead atoms. The van der Waals surface area contributed by atoms with Crippen LogP contribution < -0.4 is 0 Å². The van der Waals surface area contributed by atoms with Crippen LogP contribution in [0.25, 0.3) is 0 Å². The molecule has 0 radical (unpaired) electrons. The third kappa shape index (κ3) is 4.12. The number of nitrogens with zero attached hydrogens (tertiary/aromatic N) is 2. The standard InChI is InChI=1S/C17H26N2O3S/c1-22-12-11-19-10-9-18(8-7-15-5-3-2-4-6-15)16-13-23(20,21)14-17(16)19/h2-6,16-17H,7-14H2,1H3/t16-,17+/m0/s1. The fourth-order valence-corrected chi connectivity index (χ4v) is 5.82. The number of rotatable bonds is 6. The summed E-state index contributed by atoms with van der Waals surface area (Å²) in [5, 5.41) is 0. The predicted molar refractivity (Wildman–Crippen MR) is 91.4 cm³/mol. The minimum atomic E-state index is -2.93. The van der Waals surface area contributed by atoms with Crippen LogP contribution in [0.1, 0.15) is 5.56 Å². The Morgan fingerprint density at radius 3 is 2.26 bits per heavy atom. The van der Waals surface area contributed by atoms with Gasteiger partial charge < -0.3 is 4.74 Å². The van der Waals surface area contributed by atoms with E-state index >= 15 is 0 Å². The van der Waals surface area contributed by atoms with Crippen molar-refractivity contribution in [3.8, 4) is 0 Å². The molecule has 2 heterocycles. The first kappa shape index (κ1) is 16.9. The first-order chi connectivity index (χ1) is 11.1. The lowest BCUT2D eigenvalue weighted by atomic mass is 10.0. The average molecular weight is 338 g/mol. The quantitative estimate of drug-likeness (QED) is 0.763. The summed E-state index contributed by atoms with van der Waals surface area (Å²) in [6, 6.07) is 10.7. The van der Waals surface area contributed by atoms with E-state index in [-0.39, 0.29) is 12.1 Å². The summed E-state index contributed by atoms with van der Waals surface area (Å²) in [4.78, 5) is 4.68. The third-order valence-corrected chi connectivity index (χ3v) is 6.72. The zero-order valence-corrected chi connectivity index (χ0v) is 14.5. The molecule has 0 unspecified atom stereocenters. The summed E-state index contributed by atoms with van der Waals surface area (Å²) in [7, 11) is -1.23. The molecule has 2 atom stereocenters. The Hall–Kier alpha value is -0.950. The van der Waals surface area contributed by atoms with Gasteiger partial charge in [-0.05, 0) is 12.0 Å². The van der Waals surface area contributed by atoms with Crippen LogP contribution in [0.2, 0.25) is 0 Å². The molecule has 0 aliphatic carbocycles. The Kier molecular flexibility index (Phi) is 5.36. The van der Waals surface area contributed by atoms with Crippen molar-refractivity contribution in [2.75, 3.05) is 51.4 Å². The lowest BCUT2D eigenvalue weighted by Crippen LogP contribution is -2.59. The van der Waals surface area contributed by atoms with Crippen molar-refractivity contribution >= 4 is 9.84 Å². The molecule has 23 heavy (non-hydrogen) atoms. The summed E-state index contributed by atoms with van der Waals surface area (Å²) in [6.07, 6.45) is 0.974. The predicted octanol–water partition coefficient (Wildman–Crippen LogP) is 0.659. The number of sulfone groups is 1. The van der Waals surface area contributed by atoms with Crippen LogP contribution in [-0.4, -0.2) is 81.7 Å². The maximum atomic E-state index is 12.2. The minimum absolute atomic E-state index is 0.125. The Balaban J connectivity index is 1.66. The van der Waals surface area contributed by atoms with Gasteiger partial charge in [-0.15, -0.1) is 0 Å². The number of hydrogen-bond donors (Lipinski definition) is 0. The molecule has 5 nitrogen and oxygen atoms in total. The van der Waals surface area contributed by atoms with Crippen molar-refractivity contribution in [2.24, 2.45) is 0 Å². The molecule has 0 N–H and O–H groups in total. The molecule has 2 aliphatic heterocycles. The summed E-state index contributed by atoms with van der Waals surface area (Å²) in [6.45, 7) is 4.27. The summed E-state index contributed by atoms with van der Waals surface area (Å²) in [5.74, 6) is 0.596. The molecule has 6 heteroatoms. The smallest absolute Gasteiger partial charge is 0.153 e. The van der Waals surface area contributed by atoms with Crippen LogP contribution in [0.4, 0.5) is 0 Å². The van der Waals surface area contributed by atoms with Gasteiger partial charge in [-0.3, -0.25) is 9.80 Å². The summed E-state index contributed by atoms with van der Waals surface area (Å²) in [5.41, 5.74) is 1.31. The topological polar surface area (TPSA) is 49.9 Å². The molecule has 128 valence electrons. The van der Waals surface area contributed by atoms with Crippen molar-refractivity contribution in [3.05, 3.63) is 35.9 Å². The number of methoxy groups -OCH3 is 1. The van der Waals surface area contributed by atoms with Crippen LogP contribution in [0.3, 0.4) is 0 Å². The van der Waals surface area contributed by atoms with Crippen molar-refractivity contribution in [1.82, 2.24) is 9.80 Å². The molecule has 2 aliphatic rings. The van der Waals surface area contributed by atoms with E-state index < -0.39 is 9.84 Å². The number of benzene rings is 1. The first-order valence-electron chi connectivity index (χ1n) is 8.30. The second kappa shape index (κ2) is 7.30. The van der Waals surface area contributed by atoms with Gasteiger partial charge in [0.25, 0.3) is 0 Å². The van der Waals surface area contributed by atoms with E-state index in [0.29, 0.717) is 18.1 Å². The van der Waals surface area contributed by atoms with E-state index in [4.69, 9.17) is 4.74 Å². The second-order valence-corrected chi connectivity index (χ2v) is 8.67. The van der Waals surface area contributed by atoms with E-state index in [1.165, 1.54) is 5.56 Å². The Morgan fingerprint density at radius 1 is 1.04 bits per heavy atom. The molecular weight excluding hydrogens is 312 g/mol. The fraction of sp³-hybridized carbons (Fsp3) is 0.647. The lowest BCUT2D eigenvalue weighted by molar-refractivity contribution is 0.0300. The van der Waals surface area contributed by atoms with Gasteiger partial charge in [0, 0.05) is 45.4 Å². The van der Waals surface area contributed by atoms with Gasteiger partial charge in [0.15, 0.2) is 9.84 Å². The van der Waals surface area contributed by atoms with Gasteiger partial charge in [0.1, 0.15) is 0 Å². The fourth-order valence-electron chi connectivity index (χ4n) is 3.78. The van der Waals surface area contributed by atoms with Gasteiger partial charge in [0.05, 0.1) is 18.1 Å². The highest BCUT2D eigenvalue weighted by Gasteiger charge is 2.45. The number of fused-ring (bicyclic) bond motifs is 1. The van der Waals surface area contributed by atoms with Crippen LogP contribution in [-0.2, 0) is 21.0 Å². The van der Waals surface area contributed by atoms with Crippen molar-refractivity contribution < 1.29 is 13.2 Å². The van der Waals surface area contributed by atoms with Crippen LogP contribution >= 0.6 is 0 Å². The molecule has 1 aromatic carbocycles. The molecule has 2 saturated heterocycles. The largest absolute Gasteiger partial charge is 0.383 e. The van der Waals surface area contributed by atoms with E-state index in [2.05, 4.69) is 34.1 Å². The zero-order chi connectivity index (χ0) is 16.3. The van der Waals surface area contributed by atoms with E-state index in [1.54, 1.807) is 7.11 Å². The molecule has 0 aromatic heterocycles. The second-order valence-electron chi connectivity index (χ2n) is 6.51. The van der Waals surface area contributed by atoms with Gasteiger partial charge in [-0.1, -0.05) is 30.3 Å². The van der Waals surface area contributed by atoms with E-state index in [9.17, 15) is 8.42 Å². The number of piperazine rings is 1. The van der Waals surface area contributed by atoms with Crippen molar-refractivity contribution in [3.63, 3.8) is 0 Å². The molecule has 2 fully saturated rings. The molecular formula is C17H26N2O3S. The average Bonchev–Trinajstić information content (AvgIpc) is 2.87. The van der Waals surface area contributed by atoms with Gasteiger partial charge in [-0.25, -0.2) is 8.42 Å². The Morgan fingerprint density at radius 2 is 1.65 bits per heavy atom. The molecule has 3 rings (SSSR count). The van der Waals surface area contributed by atoms with Crippen LogP contribution in [0.5, 0.6) is 0 Å². The monoisotopic (exact) mass is 338 g/mol. The third-order valence-electron chi connectivity index (χ3n) is 5.02. The van der Waals surface area contributed by atoms with E-state index in [0.717, 1.165) is 32.6 Å². The van der Waals surface area contributed by atoms with Gasteiger partial charge >= 0.3 is 0 Å². The lowest BCUT2D eigenvalue weighted by Gasteiger charge is -2.44. The zero-order valence-electron chi connectivity index (χ0n) is 13.7. The highest BCUT2D eigenvalue weighted by molar-refractivity contribution is 7.91. The highest BCUT2D eigenvalue weighted by atomic mass is 32.2. The number of ether oxygens (including phenoxy) is 1. The van der Waals surface area contributed by atoms with Crippen LogP contribution in [0.15, 0.2) is 30.3 Å². The van der Waals surface area contributed by atoms with Crippen molar-refractivity contribution in [2.45, 2.75) is 18.5 Å². The first-order valence-corrected chi connectivity index (χ1v) is 10.1. The van der Waals surface area contributed by atoms with Gasteiger partial charge in [-0.2, -0.15) is 0 Å².